The number of fused-ring (bicyclic) bond motifs is 1. The van der Waals surface area contributed by atoms with Crippen molar-refractivity contribution < 1.29 is 9.90 Å². The van der Waals surface area contributed by atoms with Crippen molar-refractivity contribution in [1.29, 1.82) is 0 Å². The molecule has 146 valence electrons. The molecule has 6 nitrogen and oxygen atoms in total. The number of carbonyl (C=O) groups excluding carboxylic acids is 1. The first kappa shape index (κ1) is 18.2. The Balaban J connectivity index is 1.72. The number of phenolic OH excluding ortho intramolecular Hbond substituents is 1. The van der Waals surface area contributed by atoms with Gasteiger partial charge in [0.25, 0.3) is 0 Å². The van der Waals surface area contributed by atoms with Crippen LogP contribution in [0, 0.1) is 0 Å². The molecule has 1 aliphatic heterocycles. The number of phenols is 1. The van der Waals surface area contributed by atoms with E-state index in [0.29, 0.717) is 44.9 Å². The quantitative estimate of drug-likeness (QED) is 0.603. The molecule has 2 aliphatic rings. The second-order valence-electron chi connectivity index (χ2n) is 7.09. The molecule has 2 N–H and O–H groups in total. The van der Waals surface area contributed by atoms with Crippen molar-refractivity contribution in [2.24, 2.45) is 0 Å². The van der Waals surface area contributed by atoms with Crippen LogP contribution in [0.4, 0.5) is 5.95 Å². The van der Waals surface area contributed by atoms with Gasteiger partial charge in [-0.05, 0) is 31.0 Å². The van der Waals surface area contributed by atoms with Gasteiger partial charge in [-0.1, -0.05) is 47.5 Å². The molecule has 1 aromatic heterocycles. The number of hydrogen-bond donors (Lipinski definition) is 2. The third-order valence-corrected chi connectivity index (χ3v) is 6.08. The molecule has 3 aromatic rings. The summed E-state index contributed by atoms with van der Waals surface area (Å²) in [5.41, 5.74) is 2.89. The van der Waals surface area contributed by atoms with Gasteiger partial charge in [0.15, 0.2) is 11.6 Å². The number of halogens is 2. The topological polar surface area (TPSA) is 80.0 Å². The van der Waals surface area contributed by atoms with Crippen LogP contribution in [0.15, 0.2) is 53.7 Å². The van der Waals surface area contributed by atoms with Crippen LogP contribution in [0.3, 0.4) is 0 Å². The fourth-order valence-electron chi connectivity index (χ4n) is 3.94. The first-order valence-electron chi connectivity index (χ1n) is 9.26. The number of carbonyl (C=O) groups is 1. The van der Waals surface area contributed by atoms with Crippen LogP contribution in [0.1, 0.15) is 30.9 Å². The van der Waals surface area contributed by atoms with E-state index in [4.69, 9.17) is 23.2 Å². The van der Waals surface area contributed by atoms with Gasteiger partial charge in [-0.25, -0.2) is 4.68 Å². The van der Waals surface area contributed by atoms with E-state index in [-0.39, 0.29) is 11.5 Å². The van der Waals surface area contributed by atoms with E-state index >= 15 is 0 Å². The highest BCUT2D eigenvalue weighted by Gasteiger charge is 2.38. The number of allylic oxidation sites excluding steroid dienone is 2. The van der Waals surface area contributed by atoms with Gasteiger partial charge < -0.3 is 10.4 Å². The highest BCUT2D eigenvalue weighted by molar-refractivity contribution is 6.42. The number of aromatic nitrogens is 3. The normalized spacial score (nSPS) is 18.3. The summed E-state index contributed by atoms with van der Waals surface area (Å²) in [7, 11) is 0. The van der Waals surface area contributed by atoms with Gasteiger partial charge in [-0.3, -0.25) is 4.79 Å². The Kier molecular flexibility index (Phi) is 4.33. The van der Waals surface area contributed by atoms with E-state index < -0.39 is 6.04 Å². The maximum absolute atomic E-state index is 12.9. The van der Waals surface area contributed by atoms with E-state index in [1.807, 2.05) is 18.2 Å². The number of nitrogens with one attached hydrogen (secondary N) is 1. The average Bonchev–Trinajstić information content (AvgIpc) is 3.13. The number of hydrogen-bond acceptors (Lipinski definition) is 5. The summed E-state index contributed by atoms with van der Waals surface area (Å²) in [6, 6.07) is 11.6. The van der Waals surface area contributed by atoms with Gasteiger partial charge in [-0.15, -0.1) is 5.10 Å². The third kappa shape index (κ3) is 2.99. The van der Waals surface area contributed by atoms with Crippen molar-refractivity contribution in [2.75, 3.05) is 5.32 Å². The maximum atomic E-state index is 12.9. The number of ketones is 1. The fourth-order valence-corrected chi connectivity index (χ4v) is 4.35. The van der Waals surface area contributed by atoms with Crippen molar-refractivity contribution in [2.45, 2.75) is 25.3 Å². The van der Waals surface area contributed by atoms with Crippen LogP contribution >= 0.6 is 23.2 Å². The van der Waals surface area contributed by atoms with Crippen molar-refractivity contribution >= 4 is 34.9 Å². The van der Waals surface area contributed by atoms with Gasteiger partial charge in [0.05, 0.1) is 10.0 Å². The molecule has 8 heteroatoms. The lowest BCUT2D eigenvalue weighted by Gasteiger charge is -2.32. The van der Waals surface area contributed by atoms with Gasteiger partial charge >= 0.3 is 0 Å². The van der Waals surface area contributed by atoms with E-state index in [1.54, 1.807) is 28.9 Å². The molecule has 1 unspecified atom stereocenters. The number of benzene rings is 2. The molecule has 0 saturated carbocycles. The SMILES string of the molecule is O=C1CCCC2=C1C(c1cccc(Cl)c1Cl)n1nc(-c3cccc(O)c3)nc1N2. The molecule has 5 rings (SSSR count). The molecule has 0 radical (unpaired) electrons. The summed E-state index contributed by atoms with van der Waals surface area (Å²) in [5.74, 6) is 1.17. The summed E-state index contributed by atoms with van der Waals surface area (Å²) in [4.78, 5) is 17.5. The molecule has 0 bridgehead atoms. The predicted octanol–water partition coefficient (Wildman–Crippen LogP) is 4.98. The minimum Gasteiger partial charge on any atom is -0.508 e. The molecule has 29 heavy (non-hydrogen) atoms. The zero-order valence-corrected chi connectivity index (χ0v) is 16.7. The molecule has 2 aromatic carbocycles. The molecule has 1 aliphatic carbocycles. The van der Waals surface area contributed by atoms with Crippen LogP contribution < -0.4 is 5.32 Å². The summed E-state index contributed by atoms with van der Waals surface area (Å²) in [5, 5.41) is 18.6. The predicted molar refractivity (Wildman–Crippen MR) is 111 cm³/mol. The first-order chi connectivity index (χ1) is 14.0. The Labute approximate surface area is 176 Å². The third-order valence-electron chi connectivity index (χ3n) is 5.25. The van der Waals surface area contributed by atoms with Crippen LogP contribution in [-0.4, -0.2) is 25.7 Å². The number of nitrogens with zero attached hydrogens (tertiary/aromatic N) is 3. The van der Waals surface area contributed by atoms with Gasteiger partial charge in [0, 0.05) is 28.8 Å². The van der Waals surface area contributed by atoms with Crippen LogP contribution in [0.5, 0.6) is 5.75 Å². The van der Waals surface area contributed by atoms with Crippen LogP contribution in [-0.2, 0) is 4.79 Å². The maximum Gasteiger partial charge on any atom is 0.226 e. The monoisotopic (exact) mass is 426 g/mol. The van der Waals surface area contributed by atoms with Gasteiger partial charge in [0.2, 0.25) is 5.95 Å². The summed E-state index contributed by atoms with van der Waals surface area (Å²) < 4.78 is 1.68. The lowest BCUT2D eigenvalue weighted by Crippen LogP contribution is -2.31. The standard InChI is InChI=1S/C21H16Cl2N4O2/c22-14-7-2-6-13(18(14)23)19-17-15(8-3-9-16(17)29)24-21-25-20(26-27(19)21)11-4-1-5-12(28)10-11/h1-2,4-7,10,19,28H,3,8-9H2,(H,24,25,26). The van der Waals surface area contributed by atoms with Crippen LogP contribution in [0.2, 0.25) is 10.0 Å². The minimum absolute atomic E-state index is 0.0693. The smallest absolute Gasteiger partial charge is 0.226 e. The molecule has 0 amide bonds. The van der Waals surface area contributed by atoms with Crippen molar-refractivity contribution in [3.8, 4) is 17.1 Å². The van der Waals surface area contributed by atoms with Crippen LogP contribution in [0.25, 0.3) is 11.4 Å². The Bertz CT molecular complexity index is 1190. The van der Waals surface area contributed by atoms with E-state index in [2.05, 4.69) is 15.4 Å². The Morgan fingerprint density at radius 1 is 1.14 bits per heavy atom. The highest BCUT2D eigenvalue weighted by atomic mass is 35.5. The largest absolute Gasteiger partial charge is 0.508 e. The number of anilines is 1. The lowest BCUT2D eigenvalue weighted by atomic mass is 9.85. The second-order valence-corrected chi connectivity index (χ2v) is 7.88. The molecule has 0 saturated heterocycles. The molecule has 1 atom stereocenters. The zero-order valence-electron chi connectivity index (χ0n) is 15.2. The van der Waals surface area contributed by atoms with E-state index in [9.17, 15) is 9.90 Å². The fraction of sp³-hybridized carbons (Fsp3) is 0.190. The van der Waals surface area contributed by atoms with Crippen molar-refractivity contribution in [1.82, 2.24) is 14.8 Å². The minimum atomic E-state index is -0.515. The lowest BCUT2D eigenvalue weighted by molar-refractivity contribution is -0.116. The Morgan fingerprint density at radius 3 is 2.79 bits per heavy atom. The summed E-state index contributed by atoms with van der Waals surface area (Å²) in [6.07, 6.45) is 2.02. The summed E-state index contributed by atoms with van der Waals surface area (Å²) in [6.45, 7) is 0. The molecule has 0 spiro atoms. The Hall–Kier alpha value is -2.83. The number of Topliss-reactive ketones (excluding diaryl/α,β-unsaturated/α-hetero) is 1. The molecule has 2 heterocycles. The number of aromatic hydroxyl groups is 1. The zero-order chi connectivity index (χ0) is 20.1. The van der Waals surface area contributed by atoms with E-state index in [0.717, 1.165) is 18.5 Å². The van der Waals surface area contributed by atoms with Crippen molar-refractivity contribution in [3.05, 3.63) is 69.3 Å². The van der Waals surface area contributed by atoms with Gasteiger partial charge in [0.1, 0.15) is 11.8 Å². The summed E-state index contributed by atoms with van der Waals surface area (Å²) >= 11 is 12.8. The van der Waals surface area contributed by atoms with Gasteiger partial charge in [-0.2, -0.15) is 4.98 Å². The Morgan fingerprint density at radius 2 is 1.97 bits per heavy atom. The van der Waals surface area contributed by atoms with Crippen molar-refractivity contribution in [3.63, 3.8) is 0 Å². The average molecular weight is 427 g/mol. The molecular formula is C21H16Cl2N4O2. The molecule has 0 fully saturated rings. The molecular weight excluding hydrogens is 411 g/mol. The second kappa shape index (κ2) is 6.90. The number of rotatable bonds is 2. The highest BCUT2D eigenvalue weighted by Crippen LogP contribution is 2.43. The first-order valence-corrected chi connectivity index (χ1v) is 10.0. The van der Waals surface area contributed by atoms with E-state index in [1.165, 1.54) is 0 Å².